The summed E-state index contributed by atoms with van der Waals surface area (Å²) in [4.78, 5) is 4.81. The summed E-state index contributed by atoms with van der Waals surface area (Å²) < 4.78 is 5.49. The van der Waals surface area contributed by atoms with E-state index < -0.39 is 0 Å². The summed E-state index contributed by atoms with van der Waals surface area (Å²) in [6.07, 6.45) is 1.24. The SMILES string of the molecule is COc1ccc(C(C)N)cc1CN1CCC(N(C)C)C1. The molecule has 0 saturated carbocycles. The Morgan fingerprint density at radius 2 is 2.20 bits per heavy atom. The van der Waals surface area contributed by atoms with Crippen molar-refractivity contribution in [3.05, 3.63) is 29.3 Å². The predicted octanol–water partition coefficient (Wildman–Crippen LogP) is 1.85. The zero-order valence-corrected chi connectivity index (χ0v) is 13.1. The van der Waals surface area contributed by atoms with Gasteiger partial charge in [0.25, 0.3) is 0 Å². The molecule has 4 nitrogen and oxygen atoms in total. The standard InChI is InChI=1S/C16H27N3O/c1-12(17)13-5-6-16(20-4)14(9-13)10-19-8-7-15(11-19)18(2)3/h5-6,9,12,15H,7-8,10-11,17H2,1-4H3. The van der Waals surface area contributed by atoms with E-state index in [1.165, 1.54) is 17.5 Å². The highest BCUT2D eigenvalue weighted by Crippen LogP contribution is 2.25. The molecule has 1 aliphatic rings. The highest BCUT2D eigenvalue weighted by atomic mass is 16.5. The Morgan fingerprint density at radius 3 is 2.75 bits per heavy atom. The maximum absolute atomic E-state index is 5.98. The Balaban J connectivity index is 2.10. The van der Waals surface area contributed by atoms with Gasteiger partial charge >= 0.3 is 0 Å². The van der Waals surface area contributed by atoms with Crippen molar-refractivity contribution in [3.8, 4) is 5.75 Å². The van der Waals surface area contributed by atoms with Gasteiger partial charge in [0.1, 0.15) is 5.75 Å². The van der Waals surface area contributed by atoms with Crippen LogP contribution in [0.25, 0.3) is 0 Å². The van der Waals surface area contributed by atoms with E-state index in [0.717, 1.165) is 25.4 Å². The molecule has 0 aromatic heterocycles. The third-order valence-corrected chi connectivity index (χ3v) is 4.20. The smallest absolute Gasteiger partial charge is 0.123 e. The molecule has 2 unspecified atom stereocenters. The van der Waals surface area contributed by atoms with Crippen LogP contribution >= 0.6 is 0 Å². The van der Waals surface area contributed by atoms with E-state index in [1.807, 2.05) is 13.0 Å². The molecule has 0 spiro atoms. The number of hydrogen-bond donors (Lipinski definition) is 1. The molecule has 0 aliphatic carbocycles. The van der Waals surface area contributed by atoms with Crippen molar-refractivity contribution < 1.29 is 4.74 Å². The molecular weight excluding hydrogens is 250 g/mol. The number of likely N-dealkylation sites (N-methyl/N-ethyl adjacent to an activating group) is 1. The molecule has 0 amide bonds. The molecule has 1 aliphatic heterocycles. The molecule has 0 bridgehead atoms. The summed E-state index contributed by atoms with van der Waals surface area (Å²) in [5.41, 5.74) is 8.39. The van der Waals surface area contributed by atoms with Crippen LogP contribution in [0.3, 0.4) is 0 Å². The number of likely N-dealkylation sites (tertiary alicyclic amines) is 1. The average Bonchev–Trinajstić information content (AvgIpc) is 2.87. The second kappa shape index (κ2) is 6.57. The van der Waals surface area contributed by atoms with Crippen molar-refractivity contribution in [2.24, 2.45) is 5.73 Å². The first kappa shape index (κ1) is 15.3. The summed E-state index contributed by atoms with van der Waals surface area (Å²) >= 11 is 0. The second-order valence-electron chi connectivity index (χ2n) is 6.00. The number of methoxy groups -OCH3 is 1. The quantitative estimate of drug-likeness (QED) is 0.892. The number of nitrogens with zero attached hydrogens (tertiary/aromatic N) is 2. The Labute approximate surface area is 122 Å². The summed E-state index contributed by atoms with van der Waals surface area (Å²) in [6, 6.07) is 7.00. The molecule has 1 aromatic carbocycles. The second-order valence-corrected chi connectivity index (χ2v) is 6.00. The summed E-state index contributed by atoms with van der Waals surface area (Å²) in [7, 11) is 6.05. The Bertz CT molecular complexity index is 445. The normalized spacial score (nSPS) is 21.4. The van der Waals surface area contributed by atoms with Crippen molar-refractivity contribution in [1.29, 1.82) is 0 Å². The fourth-order valence-corrected chi connectivity index (χ4v) is 2.82. The lowest BCUT2D eigenvalue weighted by Gasteiger charge is -2.21. The zero-order valence-electron chi connectivity index (χ0n) is 13.1. The summed E-state index contributed by atoms with van der Waals surface area (Å²) in [5, 5.41) is 0. The molecule has 2 atom stereocenters. The van der Waals surface area contributed by atoms with Gasteiger partial charge in [0.2, 0.25) is 0 Å². The van der Waals surface area contributed by atoms with E-state index in [4.69, 9.17) is 10.5 Å². The van der Waals surface area contributed by atoms with Gasteiger partial charge in [0.05, 0.1) is 7.11 Å². The van der Waals surface area contributed by atoms with Crippen LogP contribution in [0.2, 0.25) is 0 Å². The van der Waals surface area contributed by atoms with Crippen LogP contribution in [0.5, 0.6) is 5.75 Å². The van der Waals surface area contributed by atoms with E-state index in [2.05, 4.69) is 36.0 Å². The van der Waals surface area contributed by atoms with Crippen LogP contribution in [-0.4, -0.2) is 50.1 Å². The number of nitrogens with two attached hydrogens (primary N) is 1. The van der Waals surface area contributed by atoms with Gasteiger partial charge in [-0.15, -0.1) is 0 Å². The fourth-order valence-electron chi connectivity index (χ4n) is 2.82. The molecule has 0 radical (unpaired) electrons. The van der Waals surface area contributed by atoms with Gasteiger partial charge in [0.15, 0.2) is 0 Å². The van der Waals surface area contributed by atoms with Crippen molar-refractivity contribution >= 4 is 0 Å². The molecule has 1 saturated heterocycles. The monoisotopic (exact) mass is 277 g/mol. The molecule has 20 heavy (non-hydrogen) atoms. The largest absolute Gasteiger partial charge is 0.496 e. The van der Waals surface area contributed by atoms with E-state index in [0.29, 0.717) is 6.04 Å². The summed E-state index contributed by atoms with van der Waals surface area (Å²) in [6.45, 7) is 5.23. The number of benzene rings is 1. The van der Waals surface area contributed by atoms with Crippen LogP contribution in [0.15, 0.2) is 18.2 Å². The number of rotatable bonds is 5. The van der Waals surface area contributed by atoms with Crippen LogP contribution in [-0.2, 0) is 6.54 Å². The third-order valence-electron chi connectivity index (χ3n) is 4.20. The molecule has 4 heteroatoms. The van der Waals surface area contributed by atoms with E-state index in [9.17, 15) is 0 Å². The molecule has 1 fully saturated rings. The lowest BCUT2D eigenvalue weighted by molar-refractivity contribution is 0.262. The number of ether oxygens (including phenoxy) is 1. The highest BCUT2D eigenvalue weighted by Gasteiger charge is 2.24. The van der Waals surface area contributed by atoms with Gasteiger partial charge in [-0.25, -0.2) is 0 Å². The van der Waals surface area contributed by atoms with E-state index in [1.54, 1.807) is 7.11 Å². The van der Waals surface area contributed by atoms with E-state index in [-0.39, 0.29) is 6.04 Å². The van der Waals surface area contributed by atoms with Crippen LogP contribution < -0.4 is 10.5 Å². The number of hydrogen-bond acceptors (Lipinski definition) is 4. The average molecular weight is 277 g/mol. The minimum atomic E-state index is 0.0627. The zero-order chi connectivity index (χ0) is 14.7. The van der Waals surface area contributed by atoms with Crippen LogP contribution in [0.4, 0.5) is 0 Å². The summed E-state index contributed by atoms with van der Waals surface area (Å²) in [5.74, 6) is 0.961. The molecular formula is C16H27N3O. The van der Waals surface area contributed by atoms with Gasteiger partial charge in [-0.1, -0.05) is 6.07 Å². The van der Waals surface area contributed by atoms with Crippen LogP contribution in [0.1, 0.15) is 30.5 Å². The lowest BCUT2D eigenvalue weighted by Crippen LogP contribution is -2.31. The van der Waals surface area contributed by atoms with Gasteiger partial charge in [-0.3, -0.25) is 4.90 Å². The lowest BCUT2D eigenvalue weighted by atomic mass is 10.0. The first-order chi connectivity index (χ1) is 9.51. The molecule has 1 heterocycles. The minimum Gasteiger partial charge on any atom is -0.496 e. The van der Waals surface area contributed by atoms with Gasteiger partial charge in [-0.2, -0.15) is 0 Å². The van der Waals surface area contributed by atoms with Crippen molar-refractivity contribution in [3.63, 3.8) is 0 Å². The van der Waals surface area contributed by atoms with Crippen molar-refractivity contribution in [2.75, 3.05) is 34.3 Å². The Kier molecular flexibility index (Phi) is 5.02. The van der Waals surface area contributed by atoms with Crippen LogP contribution in [0, 0.1) is 0 Å². The molecule has 112 valence electrons. The van der Waals surface area contributed by atoms with Crippen molar-refractivity contribution in [1.82, 2.24) is 9.80 Å². The third kappa shape index (κ3) is 3.51. The maximum atomic E-state index is 5.98. The molecule has 2 rings (SSSR count). The fraction of sp³-hybridized carbons (Fsp3) is 0.625. The predicted molar refractivity (Wildman–Crippen MR) is 83.0 cm³/mol. The molecule has 2 N–H and O–H groups in total. The van der Waals surface area contributed by atoms with E-state index >= 15 is 0 Å². The topological polar surface area (TPSA) is 41.7 Å². The first-order valence-corrected chi connectivity index (χ1v) is 7.32. The maximum Gasteiger partial charge on any atom is 0.123 e. The van der Waals surface area contributed by atoms with Gasteiger partial charge < -0.3 is 15.4 Å². The minimum absolute atomic E-state index is 0.0627. The van der Waals surface area contributed by atoms with Gasteiger partial charge in [0, 0.05) is 37.3 Å². The van der Waals surface area contributed by atoms with Gasteiger partial charge in [-0.05, 0) is 45.1 Å². The first-order valence-electron chi connectivity index (χ1n) is 7.32. The Morgan fingerprint density at radius 1 is 1.45 bits per heavy atom. The highest BCUT2D eigenvalue weighted by molar-refractivity contribution is 5.38. The Hall–Kier alpha value is -1.10. The van der Waals surface area contributed by atoms with Crippen molar-refractivity contribution in [2.45, 2.75) is 32.0 Å². The molecule has 1 aromatic rings.